The van der Waals surface area contributed by atoms with Crippen molar-refractivity contribution in [2.24, 2.45) is 8.73 Å². The Morgan fingerprint density at radius 1 is 1.45 bits per heavy atom. The summed E-state index contributed by atoms with van der Waals surface area (Å²) in [5, 5.41) is 10.1. The van der Waals surface area contributed by atoms with E-state index >= 15 is 0 Å². The maximum atomic E-state index is 12.3. The molecule has 0 amide bonds. The molecule has 0 unspecified atom stereocenters. The fourth-order valence-electron chi connectivity index (χ4n) is 2.04. The largest absolute Gasteiger partial charge is 0.386 e. The van der Waals surface area contributed by atoms with Crippen LogP contribution >= 0.6 is 0 Å². The molecule has 2 aliphatic heterocycles. The molecule has 0 saturated carbocycles. The highest BCUT2D eigenvalue weighted by molar-refractivity contribution is 7.89. The van der Waals surface area contributed by atoms with Crippen molar-refractivity contribution in [3.05, 3.63) is 18.2 Å². The van der Waals surface area contributed by atoms with E-state index < -0.39 is 15.6 Å². The van der Waals surface area contributed by atoms with Gasteiger partial charge in [0.05, 0.1) is 18.0 Å². The fraction of sp³-hybridized carbons (Fsp3) is 0.455. The summed E-state index contributed by atoms with van der Waals surface area (Å²) in [7, 11) is -3.74. The Morgan fingerprint density at radius 3 is 3.05 bits per heavy atom. The Bertz CT molecular complexity index is 704. The first-order valence-corrected chi connectivity index (χ1v) is 8.23. The summed E-state index contributed by atoms with van der Waals surface area (Å²) in [6.07, 6.45) is 0.415. The zero-order valence-electron chi connectivity index (χ0n) is 10.4. The number of hydrogen-bond donors (Lipinski definition) is 2. The van der Waals surface area contributed by atoms with Crippen LogP contribution in [0.5, 0.6) is 0 Å². The predicted octanol–water partition coefficient (Wildman–Crippen LogP) is 0.843. The highest BCUT2D eigenvalue weighted by atomic mass is 32.2. The number of nitrogens with one attached hydrogen (secondary N) is 1. The van der Waals surface area contributed by atoms with Crippen LogP contribution in [0, 0.1) is 0 Å². The molecule has 0 aromatic heterocycles. The first kappa shape index (κ1) is 13.8. The Hall–Kier alpha value is -1.13. The number of nitrogens with zero attached hydrogens (tertiary/aromatic N) is 2. The molecule has 3 rings (SSSR count). The zero-order valence-corrected chi connectivity index (χ0v) is 12.1. The molecule has 108 valence electrons. The molecule has 0 bridgehead atoms. The van der Waals surface area contributed by atoms with E-state index in [1.54, 1.807) is 12.1 Å². The molecule has 9 heteroatoms. The van der Waals surface area contributed by atoms with Crippen molar-refractivity contribution < 1.29 is 18.3 Å². The summed E-state index contributed by atoms with van der Waals surface area (Å²) < 4.78 is 40.2. The molecule has 7 nitrogen and oxygen atoms in total. The van der Waals surface area contributed by atoms with Gasteiger partial charge in [0.25, 0.3) is 0 Å². The van der Waals surface area contributed by atoms with Gasteiger partial charge < -0.3 is 9.84 Å². The van der Waals surface area contributed by atoms with Gasteiger partial charge in [-0.2, -0.15) is 8.73 Å². The van der Waals surface area contributed by atoms with Crippen molar-refractivity contribution in [1.29, 1.82) is 0 Å². The van der Waals surface area contributed by atoms with Gasteiger partial charge in [0.1, 0.15) is 21.9 Å². The number of rotatable bonds is 4. The molecule has 2 aliphatic rings. The standard InChI is InChI=1S/C11H13N3O4S2/c15-11(4-5-18-7-11)6-12-20(16,17)9-3-1-2-8-10(9)14-19-13-8/h1-3,12,15H,4-7H2/t11-/m1/s1. The highest BCUT2D eigenvalue weighted by Crippen LogP contribution is 2.37. The van der Waals surface area contributed by atoms with E-state index in [0.717, 1.165) is 11.4 Å². The Labute approximate surface area is 119 Å². The summed E-state index contributed by atoms with van der Waals surface area (Å²) in [5.41, 5.74) is -0.248. The van der Waals surface area contributed by atoms with Gasteiger partial charge in [0.15, 0.2) is 0 Å². The summed E-state index contributed by atoms with van der Waals surface area (Å²) in [4.78, 5) is 0.0752. The van der Waals surface area contributed by atoms with Crippen molar-refractivity contribution in [2.45, 2.75) is 16.9 Å². The molecule has 2 heterocycles. The van der Waals surface area contributed by atoms with Crippen molar-refractivity contribution in [3.8, 4) is 0 Å². The van der Waals surface area contributed by atoms with Crippen LogP contribution in [-0.4, -0.2) is 38.9 Å². The predicted molar refractivity (Wildman–Crippen MR) is 73.6 cm³/mol. The second-order valence-corrected chi connectivity index (χ2v) is 7.00. The third kappa shape index (κ3) is 2.54. The molecule has 1 aromatic carbocycles. The van der Waals surface area contributed by atoms with Gasteiger partial charge in [0.2, 0.25) is 10.0 Å². The summed E-state index contributed by atoms with van der Waals surface area (Å²) >= 11 is 0.964. The number of aliphatic hydroxyl groups is 1. The van der Waals surface area contributed by atoms with Crippen LogP contribution in [0.2, 0.25) is 0 Å². The van der Waals surface area contributed by atoms with Gasteiger partial charge in [-0.1, -0.05) is 6.07 Å². The first-order chi connectivity index (χ1) is 9.50. The molecular weight excluding hydrogens is 302 g/mol. The van der Waals surface area contributed by atoms with Crippen LogP contribution in [0.25, 0.3) is 0 Å². The molecular formula is C11H13N3O4S2. The third-order valence-corrected chi connectivity index (χ3v) is 5.19. The lowest BCUT2D eigenvalue weighted by Gasteiger charge is -2.20. The minimum atomic E-state index is -3.74. The molecule has 2 N–H and O–H groups in total. The average Bonchev–Trinajstić information content (AvgIpc) is 3.05. The molecule has 20 heavy (non-hydrogen) atoms. The van der Waals surface area contributed by atoms with Crippen LogP contribution in [-0.2, 0) is 26.1 Å². The smallest absolute Gasteiger partial charge is 0.242 e. The van der Waals surface area contributed by atoms with Crippen molar-refractivity contribution >= 4 is 32.8 Å². The normalized spacial score (nSPS) is 24.6. The second kappa shape index (κ2) is 5.01. The third-order valence-electron chi connectivity index (χ3n) is 3.21. The maximum Gasteiger partial charge on any atom is 0.242 e. The Balaban J connectivity index is 1.83. The van der Waals surface area contributed by atoms with Crippen LogP contribution in [0.4, 0.5) is 11.4 Å². The second-order valence-electron chi connectivity index (χ2n) is 4.74. The van der Waals surface area contributed by atoms with E-state index in [0.29, 0.717) is 24.4 Å². The van der Waals surface area contributed by atoms with Crippen molar-refractivity contribution in [3.63, 3.8) is 0 Å². The molecule has 1 aromatic rings. The van der Waals surface area contributed by atoms with Gasteiger partial charge >= 0.3 is 0 Å². The van der Waals surface area contributed by atoms with E-state index in [1.165, 1.54) is 6.07 Å². The van der Waals surface area contributed by atoms with Gasteiger partial charge in [-0.05, 0) is 12.1 Å². The lowest BCUT2D eigenvalue weighted by molar-refractivity contribution is 0.0314. The molecule has 0 aliphatic carbocycles. The molecule has 1 saturated heterocycles. The number of hydrogen-bond acceptors (Lipinski definition) is 6. The highest BCUT2D eigenvalue weighted by Gasteiger charge is 2.34. The Morgan fingerprint density at radius 2 is 2.30 bits per heavy atom. The number of sulfonamides is 1. The van der Waals surface area contributed by atoms with Gasteiger partial charge in [-0.15, -0.1) is 0 Å². The summed E-state index contributed by atoms with van der Waals surface area (Å²) in [6.45, 7) is 0.491. The molecule has 1 atom stereocenters. The number of ether oxygens (including phenoxy) is 1. The van der Waals surface area contributed by atoms with Crippen LogP contribution in [0.15, 0.2) is 31.8 Å². The number of fused-ring (bicyclic) bond motifs is 1. The lowest BCUT2D eigenvalue weighted by atomic mass is 10.1. The van der Waals surface area contributed by atoms with Gasteiger partial charge in [-0.3, -0.25) is 0 Å². The van der Waals surface area contributed by atoms with Crippen molar-refractivity contribution in [1.82, 2.24) is 4.72 Å². The van der Waals surface area contributed by atoms with E-state index in [9.17, 15) is 13.5 Å². The fourth-order valence-corrected chi connectivity index (χ4v) is 3.93. The van der Waals surface area contributed by atoms with E-state index in [2.05, 4.69) is 13.4 Å². The molecule has 1 fully saturated rings. The minimum Gasteiger partial charge on any atom is -0.386 e. The lowest BCUT2D eigenvalue weighted by Crippen LogP contribution is -2.43. The zero-order chi connectivity index (χ0) is 14.2. The topological polar surface area (TPSA) is 100 Å². The van der Waals surface area contributed by atoms with Crippen LogP contribution in [0.1, 0.15) is 6.42 Å². The molecule has 0 spiro atoms. The van der Waals surface area contributed by atoms with E-state index in [1.807, 2.05) is 0 Å². The summed E-state index contributed by atoms with van der Waals surface area (Å²) in [5.74, 6) is 0. The van der Waals surface area contributed by atoms with Crippen LogP contribution in [0.3, 0.4) is 0 Å². The van der Waals surface area contributed by atoms with E-state index in [4.69, 9.17) is 4.74 Å². The minimum absolute atomic E-state index is 0.0752. The maximum absolute atomic E-state index is 12.3. The van der Waals surface area contributed by atoms with Crippen molar-refractivity contribution in [2.75, 3.05) is 19.8 Å². The van der Waals surface area contributed by atoms with Gasteiger partial charge in [-0.25, -0.2) is 13.1 Å². The van der Waals surface area contributed by atoms with E-state index in [-0.39, 0.29) is 18.0 Å². The van der Waals surface area contributed by atoms with Crippen LogP contribution < -0.4 is 4.72 Å². The quantitative estimate of drug-likeness (QED) is 0.873. The SMILES string of the molecule is O=S(=O)(NC[C@]1(O)CCOC1)c1cccc2c1N=S=N2. The molecule has 0 radical (unpaired) electrons. The summed E-state index contributed by atoms with van der Waals surface area (Å²) in [6, 6.07) is 4.79. The average molecular weight is 315 g/mol. The van der Waals surface area contributed by atoms with Gasteiger partial charge in [0, 0.05) is 19.6 Å². The Kier molecular flexibility index (Phi) is 3.46. The monoisotopic (exact) mass is 315 g/mol. The first-order valence-electron chi connectivity index (χ1n) is 6.01. The number of benzene rings is 1.